The minimum absolute atomic E-state index is 0.645. The zero-order valence-corrected chi connectivity index (χ0v) is 10.4. The fraction of sp³-hybridized carbons (Fsp3) is 0.769. The number of hydrogen-bond acceptors (Lipinski definition) is 2. The summed E-state index contributed by atoms with van der Waals surface area (Å²) in [4.78, 5) is 0. The first-order valence-electron chi connectivity index (χ1n) is 6.53. The Morgan fingerprint density at radius 1 is 1.38 bits per heavy atom. The third-order valence-corrected chi connectivity index (χ3v) is 3.59. The normalized spacial score (nSPS) is 25.9. The number of aromatic nitrogens is 2. The van der Waals surface area contributed by atoms with Gasteiger partial charge in [-0.05, 0) is 38.1 Å². The van der Waals surface area contributed by atoms with E-state index in [9.17, 15) is 0 Å². The van der Waals surface area contributed by atoms with Gasteiger partial charge < -0.3 is 5.32 Å². The van der Waals surface area contributed by atoms with Crippen LogP contribution < -0.4 is 5.32 Å². The maximum atomic E-state index is 4.49. The van der Waals surface area contributed by atoms with Crippen molar-refractivity contribution < 1.29 is 0 Å². The summed E-state index contributed by atoms with van der Waals surface area (Å²) in [6, 6.07) is 0.645. The lowest BCUT2D eigenvalue weighted by Crippen LogP contribution is -2.17. The molecule has 1 saturated carbocycles. The molecule has 0 aromatic carbocycles. The Morgan fingerprint density at radius 2 is 2.12 bits per heavy atom. The lowest BCUT2D eigenvalue weighted by Gasteiger charge is -2.26. The van der Waals surface area contributed by atoms with Crippen molar-refractivity contribution >= 4 is 0 Å². The van der Waals surface area contributed by atoms with Crippen LogP contribution in [0.15, 0.2) is 12.4 Å². The van der Waals surface area contributed by atoms with Gasteiger partial charge in [-0.1, -0.05) is 13.8 Å². The molecule has 0 amide bonds. The van der Waals surface area contributed by atoms with Gasteiger partial charge in [-0.2, -0.15) is 5.10 Å². The molecule has 1 aromatic rings. The van der Waals surface area contributed by atoms with E-state index in [4.69, 9.17) is 0 Å². The molecule has 1 heterocycles. The summed E-state index contributed by atoms with van der Waals surface area (Å²) in [5, 5.41) is 7.83. The fourth-order valence-corrected chi connectivity index (χ4v) is 2.44. The minimum Gasteiger partial charge on any atom is -0.313 e. The van der Waals surface area contributed by atoms with Gasteiger partial charge in [-0.25, -0.2) is 0 Å². The van der Waals surface area contributed by atoms with Gasteiger partial charge in [0.1, 0.15) is 0 Å². The second-order valence-electron chi connectivity index (χ2n) is 5.02. The molecule has 1 fully saturated rings. The summed E-state index contributed by atoms with van der Waals surface area (Å²) >= 11 is 0. The van der Waals surface area contributed by atoms with Crippen molar-refractivity contribution in [2.45, 2.75) is 52.1 Å². The SMILES string of the molecule is CCNCc1cnn(C2CCC(C)CC2)c1. The molecule has 3 nitrogen and oxygen atoms in total. The second kappa shape index (κ2) is 5.48. The first kappa shape index (κ1) is 11.6. The van der Waals surface area contributed by atoms with Crippen molar-refractivity contribution in [1.82, 2.24) is 15.1 Å². The molecule has 0 aliphatic heterocycles. The molecule has 0 bridgehead atoms. The molecule has 0 spiro atoms. The van der Waals surface area contributed by atoms with Gasteiger partial charge in [-0.3, -0.25) is 4.68 Å². The van der Waals surface area contributed by atoms with Gasteiger partial charge in [0.05, 0.1) is 12.2 Å². The summed E-state index contributed by atoms with van der Waals surface area (Å²) in [6.07, 6.45) is 9.51. The number of nitrogens with zero attached hydrogens (tertiary/aromatic N) is 2. The Kier molecular flexibility index (Phi) is 3.99. The van der Waals surface area contributed by atoms with Gasteiger partial charge in [0, 0.05) is 18.3 Å². The van der Waals surface area contributed by atoms with E-state index < -0.39 is 0 Å². The number of hydrogen-bond donors (Lipinski definition) is 1. The van der Waals surface area contributed by atoms with Crippen LogP contribution in [0.3, 0.4) is 0 Å². The van der Waals surface area contributed by atoms with Crippen molar-refractivity contribution in [3.8, 4) is 0 Å². The van der Waals surface area contributed by atoms with Gasteiger partial charge in [0.25, 0.3) is 0 Å². The Morgan fingerprint density at radius 3 is 2.81 bits per heavy atom. The minimum atomic E-state index is 0.645. The number of rotatable bonds is 4. The van der Waals surface area contributed by atoms with E-state index in [0.29, 0.717) is 6.04 Å². The van der Waals surface area contributed by atoms with Crippen molar-refractivity contribution in [2.75, 3.05) is 6.54 Å². The van der Waals surface area contributed by atoms with Crippen LogP contribution in [-0.2, 0) is 6.54 Å². The van der Waals surface area contributed by atoms with Gasteiger partial charge in [0.15, 0.2) is 0 Å². The smallest absolute Gasteiger partial charge is 0.0534 e. The van der Waals surface area contributed by atoms with E-state index in [2.05, 4.69) is 35.1 Å². The van der Waals surface area contributed by atoms with E-state index in [1.807, 2.05) is 6.20 Å². The zero-order valence-electron chi connectivity index (χ0n) is 10.4. The van der Waals surface area contributed by atoms with Crippen molar-refractivity contribution in [2.24, 2.45) is 5.92 Å². The fourth-order valence-electron chi connectivity index (χ4n) is 2.44. The quantitative estimate of drug-likeness (QED) is 0.847. The topological polar surface area (TPSA) is 29.9 Å². The van der Waals surface area contributed by atoms with Crippen molar-refractivity contribution in [3.63, 3.8) is 0 Å². The van der Waals surface area contributed by atoms with Crippen LogP contribution in [0.5, 0.6) is 0 Å². The lowest BCUT2D eigenvalue weighted by atomic mass is 9.87. The van der Waals surface area contributed by atoms with E-state index >= 15 is 0 Å². The Hall–Kier alpha value is -0.830. The second-order valence-corrected chi connectivity index (χ2v) is 5.02. The molecule has 1 aliphatic carbocycles. The van der Waals surface area contributed by atoms with Crippen LogP contribution in [0, 0.1) is 5.92 Å². The van der Waals surface area contributed by atoms with E-state index in [1.165, 1.54) is 31.2 Å². The van der Waals surface area contributed by atoms with Gasteiger partial charge >= 0.3 is 0 Å². The van der Waals surface area contributed by atoms with E-state index in [1.54, 1.807) is 0 Å². The third-order valence-electron chi connectivity index (χ3n) is 3.59. The monoisotopic (exact) mass is 221 g/mol. The van der Waals surface area contributed by atoms with Crippen LogP contribution >= 0.6 is 0 Å². The maximum absolute atomic E-state index is 4.49. The molecule has 1 aromatic heterocycles. The van der Waals surface area contributed by atoms with Crippen LogP contribution in [0.4, 0.5) is 0 Å². The molecule has 2 rings (SSSR count). The average molecular weight is 221 g/mol. The van der Waals surface area contributed by atoms with Gasteiger partial charge in [-0.15, -0.1) is 0 Å². The predicted molar refractivity (Wildman–Crippen MR) is 66.3 cm³/mol. The highest BCUT2D eigenvalue weighted by molar-refractivity contribution is 5.04. The maximum Gasteiger partial charge on any atom is 0.0534 e. The van der Waals surface area contributed by atoms with Crippen LogP contribution in [0.2, 0.25) is 0 Å². The molecule has 1 aliphatic rings. The molecule has 3 heteroatoms. The lowest BCUT2D eigenvalue weighted by molar-refractivity contribution is 0.274. The summed E-state index contributed by atoms with van der Waals surface area (Å²) in [7, 11) is 0. The highest BCUT2D eigenvalue weighted by Gasteiger charge is 2.19. The molecular formula is C13H23N3. The van der Waals surface area contributed by atoms with Crippen LogP contribution in [0.25, 0.3) is 0 Å². The first-order chi connectivity index (χ1) is 7.79. The molecule has 0 atom stereocenters. The summed E-state index contributed by atoms with van der Waals surface area (Å²) in [5.41, 5.74) is 1.31. The standard InChI is InChI=1S/C13H23N3/c1-3-14-8-12-9-15-16(10-12)13-6-4-11(2)5-7-13/h9-11,13-14H,3-8H2,1-2H3. The van der Waals surface area contributed by atoms with Crippen molar-refractivity contribution in [1.29, 1.82) is 0 Å². The Labute approximate surface area is 98.2 Å². The van der Waals surface area contributed by atoms with E-state index in [-0.39, 0.29) is 0 Å². The summed E-state index contributed by atoms with van der Waals surface area (Å²) < 4.78 is 2.18. The zero-order chi connectivity index (χ0) is 11.4. The third kappa shape index (κ3) is 2.85. The molecule has 90 valence electrons. The van der Waals surface area contributed by atoms with Crippen LogP contribution in [0.1, 0.15) is 51.1 Å². The summed E-state index contributed by atoms with van der Waals surface area (Å²) in [5.74, 6) is 0.910. The van der Waals surface area contributed by atoms with Crippen LogP contribution in [-0.4, -0.2) is 16.3 Å². The molecule has 16 heavy (non-hydrogen) atoms. The molecule has 1 N–H and O–H groups in total. The summed E-state index contributed by atoms with van der Waals surface area (Å²) in [6.45, 7) is 6.45. The predicted octanol–water partition coefficient (Wildman–Crippen LogP) is 2.74. The molecule has 0 unspecified atom stereocenters. The Bertz CT molecular complexity index is 311. The van der Waals surface area contributed by atoms with Gasteiger partial charge in [0.2, 0.25) is 0 Å². The molecule has 0 radical (unpaired) electrons. The van der Waals surface area contributed by atoms with Crippen molar-refractivity contribution in [3.05, 3.63) is 18.0 Å². The Balaban J connectivity index is 1.91. The molecule has 0 saturated heterocycles. The average Bonchev–Trinajstić information content (AvgIpc) is 2.76. The number of nitrogens with one attached hydrogen (secondary N) is 1. The molecular weight excluding hydrogens is 198 g/mol. The largest absolute Gasteiger partial charge is 0.313 e. The van der Waals surface area contributed by atoms with E-state index in [0.717, 1.165) is 19.0 Å². The highest BCUT2D eigenvalue weighted by atomic mass is 15.3. The first-order valence-corrected chi connectivity index (χ1v) is 6.53. The highest BCUT2D eigenvalue weighted by Crippen LogP contribution is 2.31.